The Morgan fingerprint density at radius 1 is 1.67 bits per heavy atom. The maximum Gasteiger partial charge on any atom is 0.318 e. The molecule has 2 amide bonds. The lowest BCUT2D eigenvalue weighted by molar-refractivity contribution is 0.0184. The summed E-state index contributed by atoms with van der Waals surface area (Å²) < 4.78 is 7.13. The third kappa shape index (κ3) is 3.22. The Kier molecular flexibility index (Phi) is 4.19. The normalized spacial score (nSPS) is 21.7. The van der Waals surface area contributed by atoms with E-state index < -0.39 is 0 Å². The molecule has 1 fully saturated rings. The molecule has 1 aromatic rings. The van der Waals surface area contributed by atoms with Crippen molar-refractivity contribution in [3.63, 3.8) is 0 Å². The molecule has 2 heterocycles. The Morgan fingerprint density at radius 3 is 3.17 bits per heavy atom. The summed E-state index contributed by atoms with van der Waals surface area (Å²) in [6.45, 7) is 6.53. The Labute approximate surface area is 107 Å². The molecule has 0 aromatic carbocycles. The summed E-state index contributed by atoms with van der Waals surface area (Å²) in [7, 11) is 0. The highest BCUT2D eigenvalue weighted by Crippen LogP contribution is 2.06. The molecule has 1 saturated heterocycles. The standard InChI is InChI=1S/C12H20N4O2/c1-10(8-15-5-3-4-13-15)14-12(17)16-6-7-18-9-11(16)2/h3-5,10-11H,6-9H2,1-2H3,(H,14,17)/t10-,11+/m1/s1. The number of rotatable bonds is 3. The van der Waals surface area contributed by atoms with E-state index in [1.165, 1.54) is 0 Å². The topological polar surface area (TPSA) is 59.4 Å². The Bertz CT molecular complexity index is 379. The molecule has 1 aliphatic rings. The zero-order chi connectivity index (χ0) is 13.0. The van der Waals surface area contributed by atoms with Crippen LogP contribution in [-0.4, -0.2) is 52.6 Å². The van der Waals surface area contributed by atoms with Gasteiger partial charge in [0.05, 0.1) is 25.8 Å². The van der Waals surface area contributed by atoms with Crippen molar-refractivity contribution in [3.05, 3.63) is 18.5 Å². The number of carbonyl (C=O) groups excluding carboxylic acids is 1. The minimum absolute atomic E-state index is 0.0227. The van der Waals surface area contributed by atoms with Crippen molar-refractivity contribution in [2.45, 2.75) is 32.5 Å². The fourth-order valence-electron chi connectivity index (χ4n) is 2.06. The first kappa shape index (κ1) is 12.9. The second kappa shape index (κ2) is 5.86. The lowest BCUT2D eigenvalue weighted by Crippen LogP contribution is -2.53. The third-order valence-electron chi connectivity index (χ3n) is 3.02. The van der Waals surface area contributed by atoms with Crippen molar-refractivity contribution >= 4 is 6.03 Å². The van der Waals surface area contributed by atoms with Crippen molar-refractivity contribution in [2.75, 3.05) is 19.8 Å². The van der Waals surface area contributed by atoms with Crippen LogP contribution in [0.3, 0.4) is 0 Å². The molecular weight excluding hydrogens is 232 g/mol. The second-order valence-electron chi connectivity index (χ2n) is 4.70. The fourth-order valence-corrected chi connectivity index (χ4v) is 2.06. The van der Waals surface area contributed by atoms with Gasteiger partial charge in [-0.2, -0.15) is 5.10 Å². The zero-order valence-electron chi connectivity index (χ0n) is 10.9. The van der Waals surface area contributed by atoms with E-state index in [1.807, 2.05) is 35.7 Å². The summed E-state index contributed by atoms with van der Waals surface area (Å²) in [5.74, 6) is 0. The Balaban J connectivity index is 1.82. The predicted octanol–water partition coefficient (Wildman–Crippen LogP) is 0.702. The minimum Gasteiger partial charge on any atom is -0.377 e. The van der Waals surface area contributed by atoms with Gasteiger partial charge in [-0.1, -0.05) is 0 Å². The van der Waals surface area contributed by atoms with E-state index in [0.717, 1.165) is 0 Å². The zero-order valence-corrected chi connectivity index (χ0v) is 10.9. The molecule has 6 heteroatoms. The summed E-state index contributed by atoms with van der Waals surface area (Å²) in [6, 6.07) is 2.03. The first-order chi connectivity index (χ1) is 8.66. The van der Waals surface area contributed by atoms with E-state index in [1.54, 1.807) is 6.20 Å². The summed E-state index contributed by atoms with van der Waals surface area (Å²) in [5.41, 5.74) is 0. The fraction of sp³-hybridized carbons (Fsp3) is 0.667. The summed E-state index contributed by atoms with van der Waals surface area (Å²) >= 11 is 0. The second-order valence-corrected chi connectivity index (χ2v) is 4.70. The van der Waals surface area contributed by atoms with E-state index in [0.29, 0.717) is 26.3 Å². The number of urea groups is 1. The van der Waals surface area contributed by atoms with Crippen LogP contribution in [0.15, 0.2) is 18.5 Å². The van der Waals surface area contributed by atoms with Gasteiger partial charge in [0.2, 0.25) is 0 Å². The van der Waals surface area contributed by atoms with Gasteiger partial charge in [-0.3, -0.25) is 4.68 Å². The van der Waals surface area contributed by atoms with Crippen LogP contribution in [-0.2, 0) is 11.3 Å². The van der Waals surface area contributed by atoms with Gasteiger partial charge in [-0.25, -0.2) is 4.79 Å². The van der Waals surface area contributed by atoms with Crippen LogP contribution in [0.1, 0.15) is 13.8 Å². The number of hydrogen-bond donors (Lipinski definition) is 1. The SMILES string of the molecule is C[C@H](Cn1cccn1)NC(=O)N1CCOC[C@@H]1C. The van der Waals surface area contributed by atoms with E-state index in [4.69, 9.17) is 4.74 Å². The van der Waals surface area contributed by atoms with Gasteiger partial charge >= 0.3 is 6.03 Å². The maximum absolute atomic E-state index is 12.1. The van der Waals surface area contributed by atoms with Crippen LogP contribution in [0.25, 0.3) is 0 Å². The number of nitrogens with one attached hydrogen (secondary N) is 1. The molecule has 0 spiro atoms. The van der Waals surface area contributed by atoms with Gasteiger partial charge in [0, 0.05) is 25.0 Å². The van der Waals surface area contributed by atoms with Crippen LogP contribution in [0.5, 0.6) is 0 Å². The first-order valence-corrected chi connectivity index (χ1v) is 6.29. The van der Waals surface area contributed by atoms with Gasteiger partial charge in [-0.15, -0.1) is 0 Å². The summed E-state index contributed by atoms with van der Waals surface area (Å²) in [6.07, 6.45) is 3.62. The number of morpholine rings is 1. The molecule has 18 heavy (non-hydrogen) atoms. The summed E-state index contributed by atoms with van der Waals surface area (Å²) in [4.78, 5) is 13.9. The monoisotopic (exact) mass is 252 g/mol. The maximum atomic E-state index is 12.1. The van der Waals surface area contributed by atoms with Crippen molar-refractivity contribution in [3.8, 4) is 0 Å². The predicted molar refractivity (Wildman–Crippen MR) is 67.2 cm³/mol. The molecule has 0 saturated carbocycles. The molecule has 1 aromatic heterocycles. The lowest BCUT2D eigenvalue weighted by atomic mass is 10.2. The molecule has 1 aliphatic heterocycles. The highest BCUT2D eigenvalue weighted by atomic mass is 16.5. The lowest BCUT2D eigenvalue weighted by Gasteiger charge is -2.34. The number of ether oxygens (including phenoxy) is 1. The smallest absolute Gasteiger partial charge is 0.318 e. The number of nitrogens with zero attached hydrogens (tertiary/aromatic N) is 3. The van der Waals surface area contributed by atoms with Crippen LogP contribution in [0, 0.1) is 0 Å². The van der Waals surface area contributed by atoms with Gasteiger partial charge in [-0.05, 0) is 19.9 Å². The van der Waals surface area contributed by atoms with E-state index in [-0.39, 0.29) is 18.1 Å². The minimum atomic E-state index is -0.0227. The van der Waals surface area contributed by atoms with E-state index >= 15 is 0 Å². The van der Waals surface area contributed by atoms with E-state index in [2.05, 4.69) is 10.4 Å². The van der Waals surface area contributed by atoms with Crippen LogP contribution >= 0.6 is 0 Å². The van der Waals surface area contributed by atoms with Crippen molar-refractivity contribution < 1.29 is 9.53 Å². The van der Waals surface area contributed by atoms with Crippen LogP contribution in [0.2, 0.25) is 0 Å². The molecule has 0 aliphatic carbocycles. The summed E-state index contributed by atoms with van der Waals surface area (Å²) in [5, 5.41) is 7.11. The molecule has 100 valence electrons. The van der Waals surface area contributed by atoms with Crippen molar-refractivity contribution in [1.29, 1.82) is 0 Å². The van der Waals surface area contributed by atoms with Crippen LogP contribution in [0.4, 0.5) is 4.79 Å². The third-order valence-corrected chi connectivity index (χ3v) is 3.02. The van der Waals surface area contributed by atoms with E-state index in [9.17, 15) is 4.79 Å². The van der Waals surface area contributed by atoms with Gasteiger partial charge < -0.3 is 15.0 Å². The Hall–Kier alpha value is -1.56. The number of aromatic nitrogens is 2. The largest absolute Gasteiger partial charge is 0.377 e. The quantitative estimate of drug-likeness (QED) is 0.861. The molecule has 1 N–H and O–H groups in total. The number of amides is 2. The van der Waals surface area contributed by atoms with Crippen LogP contribution < -0.4 is 5.32 Å². The number of hydrogen-bond acceptors (Lipinski definition) is 3. The average Bonchev–Trinajstić information content (AvgIpc) is 2.82. The molecule has 2 atom stereocenters. The molecule has 0 bridgehead atoms. The van der Waals surface area contributed by atoms with Crippen molar-refractivity contribution in [2.24, 2.45) is 0 Å². The molecule has 2 rings (SSSR count). The molecule has 0 unspecified atom stereocenters. The molecule has 0 radical (unpaired) electrons. The highest BCUT2D eigenvalue weighted by molar-refractivity contribution is 5.74. The highest BCUT2D eigenvalue weighted by Gasteiger charge is 2.24. The first-order valence-electron chi connectivity index (χ1n) is 6.29. The van der Waals surface area contributed by atoms with Gasteiger partial charge in [0.1, 0.15) is 0 Å². The van der Waals surface area contributed by atoms with Gasteiger partial charge in [0.15, 0.2) is 0 Å². The van der Waals surface area contributed by atoms with Crippen molar-refractivity contribution in [1.82, 2.24) is 20.0 Å². The van der Waals surface area contributed by atoms with Gasteiger partial charge in [0.25, 0.3) is 0 Å². The average molecular weight is 252 g/mol. The molecule has 6 nitrogen and oxygen atoms in total. The number of carbonyl (C=O) groups is 1. The Morgan fingerprint density at radius 2 is 2.50 bits per heavy atom. The molecular formula is C12H20N4O2.